The fourth-order valence-corrected chi connectivity index (χ4v) is 3.78. The summed E-state index contributed by atoms with van der Waals surface area (Å²) < 4.78 is 5.52. The van der Waals surface area contributed by atoms with Crippen LogP contribution in [0.15, 0.2) is 36.7 Å². The number of hydrogen-bond acceptors (Lipinski definition) is 6. The molecule has 3 heterocycles. The molecule has 0 saturated carbocycles. The molecule has 1 amide bonds. The highest BCUT2D eigenvalue weighted by atomic mass is 16.5. The Hall–Kier alpha value is -2.67. The molecule has 0 spiro atoms. The van der Waals surface area contributed by atoms with E-state index in [4.69, 9.17) is 4.74 Å². The smallest absolute Gasteiger partial charge is 0.254 e. The third kappa shape index (κ3) is 5.23. The van der Waals surface area contributed by atoms with Gasteiger partial charge in [-0.1, -0.05) is 6.92 Å². The highest BCUT2D eigenvalue weighted by Gasteiger charge is 2.17. The minimum Gasteiger partial charge on any atom is -0.376 e. The summed E-state index contributed by atoms with van der Waals surface area (Å²) in [7, 11) is 0. The summed E-state index contributed by atoms with van der Waals surface area (Å²) in [6.07, 6.45) is 7.77. The minimum atomic E-state index is -0.174. The maximum Gasteiger partial charge on any atom is 0.254 e. The van der Waals surface area contributed by atoms with Crippen LogP contribution in [0.1, 0.15) is 43.0 Å². The predicted octanol–water partition coefficient (Wildman–Crippen LogP) is 3.37. The number of rotatable bonds is 6. The van der Waals surface area contributed by atoms with E-state index in [1.54, 1.807) is 12.4 Å². The lowest BCUT2D eigenvalue weighted by Gasteiger charge is -2.32. The number of amides is 1. The van der Waals surface area contributed by atoms with Crippen LogP contribution < -0.4 is 15.5 Å². The van der Waals surface area contributed by atoms with Crippen molar-refractivity contribution < 1.29 is 9.53 Å². The zero-order valence-electron chi connectivity index (χ0n) is 16.9. The van der Waals surface area contributed by atoms with E-state index in [0.717, 1.165) is 44.1 Å². The molecule has 2 fully saturated rings. The Balaban J connectivity index is 1.29. The van der Waals surface area contributed by atoms with E-state index in [2.05, 4.69) is 44.6 Å². The molecule has 7 heteroatoms. The first kappa shape index (κ1) is 19.6. The lowest BCUT2D eigenvalue weighted by Crippen LogP contribution is -2.32. The zero-order chi connectivity index (χ0) is 20.1. The second-order valence-electron chi connectivity index (χ2n) is 7.98. The largest absolute Gasteiger partial charge is 0.376 e. The minimum absolute atomic E-state index is 0.122. The van der Waals surface area contributed by atoms with Gasteiger partial charge in [0.05, 0.1) is 11.7 Å². The average molecular weight is 396 g/mol. The fraction of sp³-hybridized carbons (Fsp3) is 0.500. The number of carbonyl (C=O) groups is 1. The van der Waals surface area contributed by atoms with Gasteiger partial charge in [0.2, 0.25) is 5.95 Å². The van der Waals surface area contributed by atoms with Gasteiger partial charge in [0.25, 0.3) is 5.91 Å². The van der Waals surface area contributed by atoms with Crippen molar-refractivity contribution in [3.8, 4) is 0 Å². The number of aromatic nitrogens is 2. The zero-order valence-corrected chi connectivity index (χ0v) is 16.9. The first-order valence-electron chi connectivity index (χ1n) is 10.5. The maximum absolute atomic E-state index is 12.2. The number of piperidine rings is 1. The number of benzene rings is 1. The number of ether oxygens (including phenoxy) is 1. The van der Waals surface area contributed by atoms with E-state index in [1.807, 2.05) is 12.1 Å². The molecule has 2 saturated heterocycles. The summed E-state index contributed by atoms with van der Waals surface area (Å²) in [6, 6.07) is 8.34. The molecular weight excluding hydrogens is 366 g/mol. The number of hydrogen-bond donors (Lipinski definition) is 2. The molecule has 154 valence electrons. The summed E-state index contributed by atoms with van der Waals surface area (Å²) in [4.78, 5) is 23.2. The third-order valence-electron chi connectivity index (χ3n) is 5.70. The van der Waals surface area contributed by atoms with E-state index in [9.17, 15) is 4.79 Å². The Morgan fingerprint density at radius 1 is 1.14 bits per heavy atom. The van der Waals surface area contributed by atoms with Gasteiger partial charge in [-0.15, -0.1) is 0 Å². The van der Waals surface area contributed by atoms with Crippen molar-refractivity contribution in [2.75, 3.05) is 36.5 Å². The Kier molecular flexibility index (Phi) is 6.24. The second kappa shape index (κ2) is 9.22. The molecule has 1 aromatic carbocycles. The third-order valence-corrected chi connectivity index (χ3v) is 5.70. The Bertz CT molecular complexity index is 795. The van der Waals surface area contributed by atoms with Crippen molar-refractivity contribution in [1.29, 1.82) is 0 Å². The fourth-order valence-electron chi connectivity index (χ4n) is 3.78. The van der Waals surface area contributed by atoms with Gasteiger partial charge in [0, 0.05) is 50.0 Å². The number of anilines is 3. The predicted molar refractivity (Wildman–Crippen MR) is 114 cm³/mol. The van der Waals surface area contributed by atoms with E-state index in [1.165, 1.54) is 18.5 Å². The molecule has 2 aliphatic rings. The van der Waals surface area contributed by atoms with Crippen LogP contribution in [0.4, 0.5) is 17.3 Å². The van der Waals surface area contributed by atoms with Crippen molar-refractivity contribution >= 4 is 23.2 Å². The molecule has 2 aromatic rings. The van der Waals surface area contributed by atoms with Crippen LogP contribution in [-0.2, 0) is 4.74 Å². The molecule has 1 aromatic heterocycles. The molecule has 0 bridgehead atoms. The van der Waals surface area contributed by atoms with Crippen molar-refractivity contribution in [2.24, 2.45) is 5.92 Å². The van der Waals surface area contributed by atoms with Crippen LogP contribution in [0, 0.1) is 5.92 Å². The summed E-state index contributed by atoms with van der Waals surface area (Å²) >= 11 is 0. The van der Waals surface area contributed by atoms with E-state index in [0.29, 0.717) is 18.1 Å². The summed E-state index contributed by atoms with van der Waals surface area (Å²) in [5.41, 5.74) is 2.62. The maximum atomic E-state index is 12.2. The lowest BCUT2D eigenvalue weighted by atomic mass is 9.99. The molecule has 0 aliphatic carbocycles. The number of nitrogens with one attached hydrogen (secondary N) is 2. The van der Waals surface area contributed by atoms with Crippen LogP contribution >= 0.6 is 0 Å². The van der Waals surface area contributed by atoms with E-state index < -0.39 is 0 Å². The molecular formula is C22H29N5O2. The summed E-state index contributed by atoms with van der Waals surface area (Å²) in [6.45, 7) is 5.87. The molecule has 0 radical (unpaired) electrons. The normalized spacial score (nSPS) is 19.9. The van der Waals surface area contributed by atoms with Crippen LogP contribution in [0.25, 0.3) is 0 Å². The highest BCUT2D eigenvalue weighted by molar-refractivity contribution is 5.93. The van der Waals surface area contributed by atoms with Crippen LogP contribution in [-0.4, -0.2) is 48.2 Å². The van der Waals surface area contributed by atoms with E-state index >= 15 is 0 Å². The van der Waals surface area contributed by atoms with Gasteiger partial charge in [-0.05, 0) is 55.9 Å². The van der Waals surface area contributed by atoms with E-state index in [-0.39, 0.29) is 12.0 Å². The van der Waals surface area contributed by atoms with Gasteiger partial charge in [0.15, 0.2) is 0 Å². The van der Waals surface area contributed by atoms with Crippen molar-refractivity contribution in [3.05, 3.63) is 42.2 Å². The summed E-state index contributed by atoms with van der Waals surface area (Å²) in [5, 5.41) is 6.07. The highest BCUT2D eigenvalue weighted by Crippen LogP contribution is 2.25. The molecule has 7 nitrogen and oxygen atoms in total. The molecule has 2 aliphatic heterocycles. The first-order chi connectivity index (χ1) is 14.2. The topological polar surface area (TPSA) is 79.4 Å². The van der Waals surface area contributed by atoms with Crippen LogP contribution in [0.3, 0.4) is 0 Å². The van der Waals surface area contributed by atoms with Gasteiger partial charge < -0.3 is 20.3 Å². The van der Waals surface area contributed by atoms with Crippen LogP contribution in [0.2, 0.25) is 0 Å². The standard InChI is InChI=1S/C22H29N5O2/c1-16-8-10-27(11-9-16)19-6-4-18(5-7-19)26-22-24-13-17(14-25-22)21(28)23-15-20-3-2-12-29-20/h4-7,13-14,16,20H,2-3,8-12,15H2,1H3,(H,23,28)(H,24,25,26). The van der Waals surface area contributed by atoms with Gasteiger partial charge in [-0.2, -0.15) is 0 Å². The molecule has 2 N–H and O–H groups in total. The second-order valence-corrected chi connectivity index (χ2v) is 7.98. The summed E-state index contributed by atoms with van der Waals surface area (Å²) in [5.74, 6) is 1.12. The SMILES string of the molecule is CC1CCN(c2ccc(Nc3ncc(C(=O)NCC4CCCO4)cn3)cc2)CC1. The van der Waals surface area contributed by atoms with Gasteiger partial charge in [-0.25, -0.2) is 9.97 Å². The molecule has 1 unspecified atom stereocenters. The van der Waals surface area contributed by atoms with Gasteiger partial charge in [-0.3, -0.25) is 4.79 Å². The average Bonchev–Trinajstić information content (AvgIpc) is 3.27. The number of nitrogens with zero attached hydrogens (tertiary/aromatic N) is 3. The lowest BCUT2D eigenvalue weighted by molar-refractivity contribution is 0.0857. The Morgan fingerprint density at radius 2 is 1.86 bits per heavy atom. The van der Waals surface area contributed by atoms with Crippen molar-refractivity contribution in [2.45, 2.75) is 38.7 Å². The molecule has 1 atom stereocenters. The van der Waals surface area contributed by atoms with Crippen molar-refractivity contribution in [3.63, 3.8) is 0 Å². The molecule has 4 rings (SSSR count). The van der Waals surface area contributed by atoms with Gasteiger partial charge >= 0.3 is 0 Å². The number of carbonyl (C=O) groups excluding carboxylic acids is 1. The first-order valence-corrected chi connectivity index (χ1v) is 10.5. The van der Waals surface area contributed by atoms with Crippen LogP contribution in [0.5, 0.6) is 0 Å². The molecule has 29 heavy (non-hydrogen) atoms. The van der Waals surface area contributed by atoms with Crippen molar-refractivity contribution in [1.82, 2.24) is 15.3 Å². The Morgan fingerprint density at radius 3 is 2.52 bits per heavy atom. The van der Waals surface area contributed by atoms with Gasteiger partial charge in [0.1, 0.15) is 0 Å². The quantitative estimate of drug-likeness (QED) is 0.781. The monoisotopic (exact) mass is 395 g/mol. The Labute approximate surface area is 171 Å².